The first-order valence-corrected chi connectivity index (χ1v) is 5.83. The van der Waals surface area contributed by atoms with Crippen LogP contribution in [0.5, 0.6) is 0 Å². The number of benzene rings is 1. The number of nitrogen functional groups attached to an aromatic ring is 1. The largest absolute Gasteiger partial charge is 0.405 e. The molecule has 5 nitrogen and oxygen atoms in total. The van der Waals surface area contributed by atoms with Gasteiger partial charge in [-0.1, -0.05) is 0 Å². The smallest absolute Gasteiger partial charge is 0.399 e. The zero-order valence-corrected chi connectivity index (χ0v) is 10.4. The molecule has 1 heterocycles. The molecule has 0 amide bonds. The summed E-state index contributed by atoms with van der Waals surface area (Å²) in [6, 6.07) is 4.70. The monoisotopic (exact) mass is 286 g/mol. The van der Waals surface area contributed by atoms with Gasteiger partial charge in [0.2, 0.25) is 0 Å². The fourth-order valence-electron chi connectivity index (χ4n) is 1.91. The molecule has 1 aromatic heterocycles. The molecule has 0 aliphatic carbocycles. The van der Waals surface area contributed by atoms with Crippen LogP contribution in [0.15, 0.2) is 24.5 Å². The Kier molecular flexibility index (Phi) is 3.93. The van der Waals surface area contributed by atoms with E-state index in [9.17, 15) is 13.2 Å². The zero-order valence-electron chi connectivity index (χ0n) is 10.4. The summed E-state index contributed by atoms with van der Waals surface area (Å²) >= 11 is 0. The molecular formula is C12H13F3N4O. The fourth-order valence-corrected chi connectivity index (χ4v) is 1.91. The lowest BCUT2D eigenvalue weighted by Gasteiger charge is -2.25. The molecule has 8 heteroatoms. The summed E-state index contributed by atoms with van der Waals surface area (Å²) in [5.41, 5.74) is 6.54. The van der Waals surface area contributed by atoms with E-state index in [1.807, 2.05) is 0 Å². The molecule has 2 aromatic rings. The summed E-state index contributed by atoms with van der Waals surface area (Å²) in [6.45, 7) is -1.77. The number of nitrogens with two attached hydrogens (primary N) is 1. The Morgan fingerprint density at radius 3 is 2.65 bits per heavy atom. The molecule has 2 rings (SSSR count). The van der Waals surface area contributed by atoms with Gasteiger partial charge in [-0.25, -0.2) is 9.97 Å². The average Bonchev–Trinajstić information content (AvgIpc) is 2.35. The van der Waals surface area contributed by atoms with Crippen molar-refractivity contribution in [3.63, 3.8) is 0 Å². The second-order valence-electron chi connectivity index (χ2n) is 4.23. The Morgan fingerprint density at radius 1 is 1.25 bits per heavy atom. The molecule has 0 fully saturated rings. The van der Waals surface area contributed by atoms with Crippen molar-refractivity contribution in [1.29, 1.82) is 0 Å². The molecular weight excluding hydrogens is 273 g/mol. The van der Waals surface area contributed by atoms with Crippen LogP contribution in [-0.4, -0.2) is 40.9 Å². The number of halogens is 3. The van der Waals surface area contributed by atoms with E-state index in [-0.39, 0.29) is 12.4 Å². The van der Waals surface area contributed by atoms with Crippen LogP contribution in [0.2, 0.25) is 0 Å². The van der Waals surface area contributed by atoms with E-state index in [0.29, 0.717) is 16.6 Å². The molecule has 0 saturated heterocycles. The van der Waals surface area contributed by atoms with E-state index >= 15 is 0 Å². The van der Waals surface area contributed by atoms with Crippen LogP contribution < -0.4 is 10.6 Å². The zero-order chi connectivity index (χ0) is 14.8. The molecule has 0 aliphatic rings. The molecule has 108 valence electrons. The quantitative estimate of drug-likeness (QED) is 0.834. The first-order valence-electron chi connectivity index (χ1n) is 5.83. The molecule has 0 aliphatic heterocycles. The third-order valence-electron chi connectivity index (χ3n) is 2.68. The van der Waals surface area contributed by atoms with Gasteiger partial charge < -0.3 is 15.7 Å². The minimum Gasteiger partial charge on any atom is -0.399 e. The predicted molar refractivity (Wildman–Crippen MR) is 69.3 cm³/mol. The Bertz CT molecular complexity index is 603. The highest BCUT2D eigenvalue weighted by molar-refractivity contribution is 5.91. The number of anilines is 2. The van der Waals surface area contributed by atoms with Crippen LogP contribution in [-0.2, 0) is 0 Å². The van der Waals surface area contributed by atoms with Crippen LogP contribution in [0.25, 0.3) is 10.9 Å². The van der Waals surface area contributed by atoms with Crippen molar-refractivity contribution in [2.75, 3.05) is 30.3 Å². The van der Waals surface area contributed by atoms with E-state index in [2.05, 4.69) is 9.97 Å². The summed E-state index contributed by atoms with van der Waals surface area (Å²) in [7, 11) is 0. The maximum Gasteiger partial charge on any atom is 0.405 e. The van der Waals surface area contributed by atoms with Crippen molar-refractivity contribution in [3.05, 3.63) is 24.5 Å². The highest BCUT2D eigenvalue weighted by Crippen LogP contribution is 2.27. The van der Waals surface area contributed by atoms with Gasteiger partial charge in [0.1, 0.15) is 18.7 Å². The minimum atomic E-state index is -4.39. The third-order valence-corrected chi connectivity index (χ3v) is 2.68. The molecule has 20 heavy (non-hydrogen) atoms. The second kappa shape index (κ2) is 5.49. The summed E-state index contributed by atoms with van der Waals surface area (Å²) in [5, 5.41) is 9.40. The van der Waals surface area contributed by atoms with Crippen molar-refractivity contribution >= 4 is 22.4 Å². The number of aromatic nitrogens is 2. The Hall–Kier alpha value is -2.09. The van der Waals surface area contributed by atoms with Gasteiger partial charge in [0.05, 0.1) is 12.1 Å². The molecule has 3 N–H and O–H groups in total. The van der Waals surface area contributed by atoms with Crippen molar-refractivity contribution in [3.8, 4) is 0 Å². The second-order valence-corrected chi connectivity index (χ2v) is 4.23. The van der Waals surface area contributed by atoms with Gasteiger partial charge in [0.15, 0.2) is 0 Å². The Morgan fingerprint density at radius 2 is 2.00 bits per heavy atom. The molecule has 1 aromatic carbocycles. The van der Waals surface area contributed by atoms with Crippen LogP contribution >= 0.6 is 0 Å². The minimum absolute atomic E-state index is 0.126. The van der Waals surface area contributed by atoms with E-state index in [1.54, 1.807) is 18.2 Å². The molecule has 0 radical (unpaired) electrons. The van der Waals surface area contributed by atoms with E-state index in [0.717, 1.165) is 4.90 Å². The number of rotatable bonds is 4. The van der Waals surface area contributed by atoms with Crippen molar-refractivity contribution in [1.82, 2.24) is 9.97 Å². The summed E-state index contributed by atoms with van der Waals surface area (Å²) in [6.07, 6.45) is -3.21. The van der Waals surface area contributed by atoms with E-state index < -0.39 is 19.3 Å². The number of fused-ring (bicyclic) bond motifs is 1. The maximum atomic E-state index is 12.6. The molecule has 0 atom stereocenters. The molecule has 0 saturated carbocycles. The van der Waals surface area contributed by atoms with Crippen LogP contribution in [0.3, 0.4) is 0 Å². The summed E-state index contributed by atoms with van der Waals surface area (Å²) < 4.78 is 37.8. The van der Waals surface area contributed by atoms with Gasteiger partial charge >= 0.3 is 6.18 Å². The summed E-state index contributed by atoms with van der Waals surface area (Å²) in [5.74, 6) is 0.126. The predicted octanol–water partition coefficient (Wildman–Crippen LogP) is 1.57. The summed E-state index contributed by atoms with van der Waals surface area (Å²) in [4.78, 5) is 8.86. The van der Waals surface area contributed by atoms with Crippen LogP contribution in [0.4, 0.5) is 24.7 Å². The van der Waals surface area contributed by atoms with E-state index in [1.165, 1.54) is 6.33 Å². The number of hydrogen-bond donors (Lipinski definition) is 2. The standard InChI is InChI=1S/C12H13F3N4O/c13-12(14,15)6-19(3-4-20)11-9-2-1-8(16)5-10(9)17-7-18-11/h1-2,5,7,20H,3-4,6,16H2. The van der Waals surface area contributed by atoms with Crippen molar-refractivity contribution in [2.24, 2.45) is 0 Å². The average molecular weight is 286 g/mol. The van der Waals surface area contributed by atoms with Gasteiger partial charge in [-0.2, -0.15) is 13.2 Å². The lowest BCUT2D eigenvalue weighted by atomic mass is 10.2. The van der Waals surface area contributed by atoms with Gasteiger partial charge in [0, 0.05) is 17.6 Å². The van der Waals surface area contributed by atoms with Crippen molar-refractivity contribution < 1.29 is 18.3 Å². The van der Waals surface area contributed by atoms with Gasteiger partial charge in [-0.3, -0.25) is 0 Å². The van der Waals surface area contributed by atoms with E-state index in [4.69, 9.17) is 10.8 Å². The first kappa shape index (κ1) is 14.3. The van der Waals surface area contributed by atoms with Crippen molar-refractivity contribution in [2.45, 2.75) is 6.18 Å². The highest BCUT2D eigenvalue weighted by atomic mass is 19.4. The third kappa shape index (κ3) is 3.27. The lowest BCUT2D eigenvalue weighted by molar-refractivity contribution is -0.119. The first-order chi connectivity index (χ1) is 9.40. The molecule has 0 spiro atoms. The normalized spacial score (nSPS) is 11.8. The number of nitrogens with zero attached hydrogens (tertiary/aromatic N) is 3. The maximum absolute atomic E-state index is 12.6. The fraction of sp³-hybridized carbons (Fsp3) is 0.333. The highest BCUT2D eigenvalue weighted by Gasteiger charge is 2.31. The van der Waals surface area contributed by atoms with Gasteiger partial charge in [0.25, 0.3) is 0 Å². The number of aliphatic hydroxyl groups is 1. The SMILES string of the molecule is Nc1ccc2c(N(CCO)CC(F)(F)F)ncnc2c1. The topological polar surface area (TPSA) is 75.3 Å². The van der Waals surface area contributed by atoms with Gasteiger partial charge in [-0.05, 0) is 18.2 Å². The Labute approximate surface area is 112 Å². The number of aliphatic hydroxyl groups excluding tert-OH is 1. The number of alkyl halides is 3. The van der Waals surface area contributed by atoms with Crippen LogP contribution in [0, 0.1) is 0 Å². The molecule has 0 unspecified atom stereocenters. The van der Waals surface area contributed by atoms with Crippen LogP contribution in [0.1, 0.15) is 0 Å². The lowest BCUT2D eigenvalue weighted by Crippen LogP contribution is -2.37. The van der Waals surface area contributed by atoms with Gasteiger partial charge in [-0.15, -0.1) is 0 Å². The Balaban J connectivity index is 2.47. The molecule has 0 bridgehead atoms. The number of hydrogen-bond acceptors (Lipinski definition) is 5.